The molecular weight excluding hydrogens is 340 g/mol. The van der Waals surface area contributed by atoms with Crippen LogP contribution in [-0.4, -0.2) is 37.1 Å². The molecule has 0 saturated heterocycles. The number of ether oxygens (including phenoxy) is 2. The lowest BCUT2D eigenvalue weighted by atomic mass is 10.1. The van der Waals surface area contributed by atoms with E-state index in [2.05, 4.69) is 15.4 Å². The Morgan fingerprint density at radius 1 is 1.00 bits per heavy atom. The van der Waals surface area contributed by atoms with Gasteiger partial charge in [-0.2, -0.15) is 0 Å². The number of rotatable bonds is 5. The minimum atomic E-state index is -0.903. The third-order valence-electron chi connectivity index (χ3n) is 3.48. The van der Waals surface area contributed by atoms with Crippen LogP contribution in [0.3, 0.4) is 0 Å². The van der Waals surface area contributed by atoms with Crippen molar-refractivity contribution in [1.29, 1.82) is 0 Å². The average molecular weight is 358 g/mol. The topological polar surface area (TPSA) is 114 Å². The molecule has 136 valence electrons. The zero-order chi connectivity index (χ0) is 19.1. The van der Waals surface area contributed by atoms with Gasteiger partial charge in [-0.1, -0.05) is 12.1 Å². The van der Waals surface area contributed by atoms with Crippen molar-refractivity contribution in [2.24, 2.45) is 0 Å². The summed E-state index contributed by atoms with van der Waals surface area (Å²) in [5.74, 6) is -2.11. The largest absolute Gasteiger partial charge is 0.507 e. The first kappa shape index (κ1) is 18.8. The van der Waals surface area contributed by atoms with Crippen molar-refractivity contribution in [1.82, 2.24) is 5.32 Å². The number of hydrogen-bond donors (Lipinski definition) is 3. The van der Waals surface area contributed by atoms with Crippen molar-refractivity contribution in [3.8, 4) is 11.5 Å². The van der Waals surface area contributed by atoms with Gasteiger partial charge in [-0.05, 0) is 35.9 Å². The maximum atomic E-state index is 11.9. The van der Waals surface area contributed by atoms with Crippen LogP contribution in [0.15, 0.2) is 42.5 Å². The third kappa shape index (κ3) is 4.73. The maximum absolute atomic E-state index is 11.9. The predicted octanol–water partition coefficient (Wildman–Crippen LogP) is 1.44. The number of hydrogen-bond acceptors (Lipinski definition) is 6. The van der Waals surface area contributed by atoms with Gasteiger partial charge in [0, 0.05) is 12.2 Å². The number of anilines is 1. The Morgan fingerprint density at radius 2 is 1.69 bits per heavy atom. The fourth-order valence-electron chi connectivity index (χ4n) is 2.08. The van der Waals surface area contributed by atoms with Gasteiger partial charge in [0.25, 0.3) is 0 Å². The molecule has 0 radical (unpaired) electrons. The number of phenols is 1. The second kappa shape index (κ2) is 8.52. The molecule has 0 aliphatic carbocycles. The summed E-state index contributed by atoms with van der Waals surface area (Å²) in [6.07, 6.45) is 0. The average Bonchev–Trinajstić information content (AvgIpc) is 2.67. The smallest absolute Gasteiger partial charge is 0.341 e. The predicted molar refractivity (Wildman–Crippen MR) is 92.9 cm³/mol. The number of aromatic hydroxyl groups is 1. The molecule has 0 saturated carbocycles. The molecule has 0 bridgehead atoms. The lowest BCUT2D eigenvalue weighted by molar-refractivity contribution is -0.136. The molecule has 0 aliphatic heterocycles. The van der Waals surface area contributed by atoms with Crippen LogP contribution in [0.1, 0.15) is 15.9 Å². The molecule has 0 aromatic heterocycles. The lowest BCUT2D eigenvalue weighted by Crippen LogP contribution is -2.35. The Kier molecular flexibility index (Phi) is 6.15. The summed E-state index contributed by atoms with van der Waals surface area (Å²) in [7, 11) is 2.72. The first-order chi connectivity index (χ1) is 12.4. The molecule has 0 spiro atoms. The van der Waals surface area contributed by atoms with Crippen LogP contribution in [0.25, 0.3) is 0 Å². The molecule has 8 heteroatoms. The Balaban J connectivity index is 1.96. The van der Waals surface area contributed by atoms with Crippen molar-refractivity contribution >= 4 is 23.5 Å². The molecule has 8 nitrogen and oxygen atoms in total. The molecule has 2 aromatic rings. The summed E-state index contributed by atoms with van der Waals surface area (Å²) >= 11 is 0. The van der Waals surface area contributed by atoms with Crippen LogP contribution in [0.4, 0.5) is 5.69 Å². The van der Waals surface area contributed by atoms with E-state index in [4.69, 9.17) is 4.74 Å². The second-order valence-corrected chi connectivity index (χ2v) is 5.21. The fourth-order valence-corrected chi connectivity index (χ4v) is 2.08. The zero-order valence-electron chi connectivity index (χ0n) is 14.2. The molecule has 3 N–H and O–H groups in total. The monoisotopic (exact) mass is 358 g/mol. The number of esters is 1. The van der Waals surface area contributed by atoms with Crippen LogP contribution >= 0.6 is 0 Å². The van der Waals surface area contributed by atoms with Crippen LogP contribution in [0.2, 0.25) is 0 Å². The summed E-state index contributed by atoms with van der Waals surface area (Å²) in [6, 6.07) is 10.8. The number of benzene rings is 2. The van der Waals surface area contributed by atoms with Crippen LogP contribution in [0, 0.1) is 0 Å². The number of phenolic OH excluding ortho intramolecular Hbond substituents is 1. The summed E-state index contributed by atoms with van der Waals surface area (Å²) in [5.41, 5.74) is 0.848. The molecule has 0 aliphatic rings. The fraction of sp³-hybridized carbons (Fsp3) is 0.167. The Morgan fingerprint density at radius 3 is 2.31 bits per heavy atom. The molecule has 0 heterocycles. The van der Waals surface area contributed by atoms with Crippen molar-refractivity contribution in [3.05, 3.63) is 53.6 Å². The van der Waals surface area contributed by atoms with E-state index < -0.39 is 17.8 Å². The quantitative estimate of drug-likeness (QED) is 0.423. The highest BCUT2D eigenvalue weighted by atomic mass is 16.5. The molecule has 0 fully saturated rings. The van der Waals surface area contributed by atoms with Crippen LogP contribution in [0.5, 0.6) is 11.5 Å². The van der Waals surface area contributed by atoms with E-state index in [-0.39, 0.29) is 23.5 Å². The van der Waals surface area contributed by atoms with Crippen LogP contribution in [-0.2, 0) is 20.9 Å². The van der Waals surface area contributed by atoms with Crippen LogP contribution < -0.4 is 15.4 Å². The number of nitrogens with one attached hydrogen (secondary N) is 2. The van der Waals surface area contributed by atoms with E-state index in [0.717, 1.165) is 5.56 Å². The summed E-state index contributed by atoms with van der Waals surface area (Å²) < 4.78 is 9.57. The van der Waals surface area contributed by atoms with Gasteiger partial charge in [0.05, 0.1) is 14.2 Å². The SMILES string of the molecule is COC(=O)c1cc(NC(=O)C(=O)NCc2ccc(OC)cc2)ccc1O. The van der Waals surface area contributed by atoms with Gasteiger partial charge in [0.15, 0.2) is 0 Å². The highest BCUT2D eigenvalue weighted by molar-refractivity contribution is 6.39. The van der Waals surface area contributed by atoms with Gasteiger partial charge < -0.3 is 25.2 Å². The van der Waals surface area contributed by atoms with E-state index in [1.54, 1.807) is 31.4 Å². The summed E-state index contributed by atoms with van der Waals surface area (Å²) in [4.78, 5) is 35.4. The summed E-state index contributed by atoms with van der Waals surface area (Å²) in [6.45, 7) is 0.166. The molecule has 2 aromatic carbocycles. The molecule has 0 unspecified atom stereocenters. The van der Waals surface area contributed by atoms with Crippen molar-refractivity contribution in [2.45, 2.75) is 6.54 Å². The van der Waals surface area contributed by atoms with E-state index in [9.17, 15) is 19.5 Å². The standard InChI is InChI=1S/C18H18N2O6/c1-25-13-6-3-11(4-7-13)10-19-16(22)17(23)20-12-5-8-15(21)14(9-12)18(24)26-2/h3-9,21H,10H2,1-2H3,(H,19,22)(H,20,23). The number of carbonyl (C=O) groups is 3. The minimum absolute atomic E-state index is 0.121. The second-order valence-electron chi connectivity index (χ2n) is 5.21. The number of amides is 2. The molecule has 2 amide bonds. The first-order valence-electron chi connectivity index (χ1n) is 7.58. The maximum Gasteiger partial charge on any atom is 0.341 e. The summed E-state index contributed by atoms with van der Waals surface area (Å²) in [5, 5.41) is 14.5. The molecule has 0 atom stereocenters. The van der Waals surface area contributed by atoms with Gasteiger partial charge >= 0.3 is 17.8 Å². The third-order valence-corrected chi connectivity index (χ3v) is 3.48. The molecule has 26 heavy (non-hydrogen) atoms. The first-order valence-corrected chi connectivity index (χ1v) is 7.58. The van der Waals surface area contributed by atoms with Gasteiger partial charge in [-0.25, -0.2) is 4.79 Å². The highest BCUT2D eigenvalue weighted by Gasteiger charge is 2.16. The van der Waals surface area contributed by atoms with Gasteiger partial charge in [-0.15, -0.1) is 0 Å². The van der Waals surface area contributed by atoms with E-state index in [1.165, 1.54) is 25.3 Å². The van der Waals surface area contributed by atoms with E-state index >= 15 is 0 Å². The molecule has 2 rings (SSSR count). The molecular formula is C18H18N2O6. The van der Waals surface area contributed by atoms with E-state index in [0.29, 0.717) is 5.75 Å². The number of methoxy groups -OCH3 is 2. The van der Waals surface area contributed by atoms with E-state index in [1.807, 2.05) is 0 Å². The van der Waals surface area contributed by atoms with Gasteiger partial charge in [0.2, 0.25) is 0 Å². The van der Waals surface area contributed by atoms with Crippen molar-refractivity contribution in [3.63, 3.8) is 0 Å². The Bertz CT molecular complexity index is 817. The van der Waals surface area contributed by atoms with Crippen molar-refractivity contribution in [2.75, 3.05) is 19.5 Å². The van der Waals surface area contributed by atoms with Gasteiger partial charge in [0.1, 0.15) is 17.1 Å². The lowest BCUT2D eigenvalue weighted by Gasteiger charge is -2.09. The Labute approximate surface area is 149 Å². The normalized spacial score (nSPS) is 9.92. The highest BCUT2D eigenvalue weighted by Crippen LogP contribution is 2.22. The zero-order valence-corrected chi connectivity index (χ0v) is 14.2. The van der Waals surface area contributed by atoms with Gasteiger partial charge in [-0.3, -0.25) is 9.59 Å². The number of carbonyl (C=O) groups excluding carboxylic acids is 3. The van der Waals surface area contributed by atoms with Crippen molar-refractivity contribution < 1.29 is 29.0 Å². The Hall–Kier alpha value is -3.55. The minimum Gasteiger partial charge on any atom is -0.507 e.